The minimum Gasteiger partial charge on any atom is -0.468 e. The van der Waals surface area contributed by atoms with Crippen LogP contribution in [0.2, 0.25) is 0 Å². The number of rotatable bonds is 4. The van der Waals surface area contributed by atoms with Gasteiger partial charge in [0.05, 0.1) is 19.8 Å². The Balaban J connectivity index is 2.68. The van der Waals surface area contributed by atoms with Crippen LogP contribution in [0, 0.1) is 0 Å². The number of carbonyl (C=O) groups is 2. The Kier molecular flexibility index (Phi) is 4.66. The van der Waals surface area contributed by atoms with E-state index in [9.17, 15) is 9.59 Å². The number of ether oxygens (including phenoxy) is 2. The van der Waals surface area contributed by atoms with Gasteiger partial charge in [0.1, 0.15) is 6.04 Å². The molecule has 1 rings (SSSR count). The van der Waals surface area contributed by atoms with Gasteiger partial charge in [-0.2, -0.15) is 0 Å². The molecule has 0 aliphatic carbocycles. The van der Waals surface area contributed by atoms with E-state index in [-0.39, 0.29) is 0 Å². The van der Waals surface area contributed by atoms with E-state index in [1.807, 2.05) is 0 Å². The first-order chi connectivity index (χ1) is 8.08. The molecule has 1 atom stereocenters. The standard InChI is InChI=1S/C12H15NO4/c1-16-11(14)9-5-3-8(4-6-9)7-10(13)12(15)17-2/h3-6,10H,7,13H2,1-2H3/t10-/m0/s1. The number of esters is 2. The molecule has 0 saturated heterocycles. The van der Waals surface area contributed by atoms with E-state index in [0.717, 1.165) is 5.56 Å². The zero-order valence-corrected chi connectivity index (χ0v) is 9.80. The smallest absolute Gasteiger partial charge is 0.337 e. The van der Waals surface area contributed by atoms with Gasteiger partial charge in [-0.25, -0.2) is 4.79 Å². The molecule has 0 fully saturated rings. The number of hydrogen-bond acceptors (Lipinski definition) is 5. The lowest BCUT2D eigenvalue weighted by molar-refractivity contribution is -0.142. The fourth-order valence-corrected chi connectivity index (χ4v) is 1.38. The lowest BCUT2D eigenvalue weighted by Gasteiger charge is -2.09. The van der Waals surface area contributed by atoms with Gasteiger partial charge in [-0.05, 0) is 24.1 Å². The molecule has 17 heavy (non-hydrogen) atoms. The highest BCUT2D eigenvalue weighted by molar-refractivity contribution is 5.89. The van der Waals surface area contributed by atoms with Crippen molar-refractivity contribution >= 4 is 11.9 Å². The van der Waals surface area contributed by atoms with Crippen molar-refractivity contribution in [2.24, 2.45) is 5.73 Å². The third kappa shape index (κ3) is 3.57. The minimum absolute atomic E-state index is 0.369. The monoisotopic (exact) mass is 237 g/mol. The van der Waals surface area contributed by atoms with Crippen molar-refractivity contribution in [1.29, 1.82) is 0 Å². The summed E-state index contributed by atoms with van der Waals surface area (Å²) in [5, 5.41) is 0. The molecule has 0 aromatic heterocycles. The number of nitrogens with two attached hydrogens (primary N) is 1. The fraction of sp³-hybridized carbons (Fsp3) is 0.333. The molecule has 92 valence electrons. The van der Waals surface area contributed by atoms with E-state index in [1.165, 1.54) is 14.2 Å². The van der Waals surface area contributed by atoms with Gasteiger partial charge in [-0.15, -0.1) is 0 Å². The van der Waals surface area contributed by atoms with Crippen molar-refractivity contribution in [2.45, 2.75) is 12.5 Å². The van der Waals surface area contributed by atoms with E-state index in [1.54, 1.807) is 24.3 Å². The zero-order valence-electron chi connectivity index (χ0n) is 9.80. The van der Waals surface area contributed by atoms with Crippen molar-refractivity contribution in [3.8, 4) is 0 Å². The molecule has 0 heterocycles. The second kappa shape index (κ2) is 6.00. The van der Waals surface area contributed by atoms with Gasteiger partial charge in [-0.3, -0.25) is 4.79 Å². The quantitative estimate of drug-likeness (QED) is 0.772. The topological polar surface area (TPSA) is 78.6 Å². The molecule has 0 unspecified atom stereocenters. The van der Waals surface area contributed by atoms with Crippen molar-refractivity contribution in [1.82, 2.24) is 0 Å². The van der Waals surface area contributed by atoms with Crippen molar-refractivity contribution in [2.75, 3.05) is 14.2 Å². The van der Waals surface area contributed by atoms with Crippen LogP contribution in [0.4, 0.5) is 0 Å². The molecule has 0 amide bonds. The van der Waals surface area contributed by atoms with Crippen molar-refractivity contribution in [3.63, 3.8) is 0 Å². The predicted octanol–water partition coefficient (Wildman–Crippen LogP) is 0.516. The van der Waals surface area contributed by atoms with Crippen LogP contribution in [0.3, 0.4) is 0 Å². The average Bonchev–Trinajstić information content (AvgIpc) is 2.37. The van der Waals surface area contributed by atoms with Crippen LogP contribution in [0.15, 0.2) is 24.3 Å². The van der Waals surface area contributed by atoms with Crippen molar-refractivity contribution < 1.29 is 19.1 Å². The largest absolute Gasteiger partial charge is 0.468 e. The SMILES string of the molecule is COC(=O)c1ccc(C[C@H](N)C(=O)OC)cc1. The van der Waals surface area contributed by atoms with Gasteiger partial charge in [0.25, 0.3) is 0 Å². The first kappa shape index (κ1) is 13.2. The van der Waals surface area contributed by atoms with Gasteiger partial charge in [0, 0.05) is 0 Å². The summed E-state index contributed by atoms with van der Waals surface area (Å²) < 4.78 is 9.10. The maximum atomic E-state index is 11.2. The molecule has 0 saturated carbocycles. The van der Waals surface area contributed by atoms with Crippen LogP contribution in [-0.4, -0.2) is 32.2 Å². The molecule has 1 aromatic carbocycles. The zero-order chi connectivity index (χ0) is 12.8. The summed E-state index contributed by atoms with van der Waals surface area (Å²) in [6.45, 7) is 0. The second-order valence-electron chi connectivity index (χ2n) is 3.52. The first-order valence-corrected chi connectivity index (χ1v) is 5.09. The van der Waals surface area contributed by atoms with Gasteiger partial charge >= 0.3 is 11.9 Å². The van der Waals surface area contributed by atoms with Crippen LogP contribution in [0.25, 0.3) is 0 Å². The highest BCUT2D eigenvalue weighted by Gasteiger charge is 2.14. The van der Waals surface area contributed by atoms with Gasteiger partial charge in [-0.1, -0.05) is 12.1 Å². The Hall–Kier alpha value is -1.88. The summed E-state index contributed by atoms with van der Waals surface area (Å²) in [7, 11) is 2.62. The molecule has 0 aliphatic rings. The third-order valence-electron chi connectivity index (χ3n) is 2.33. The van der Waals surface area contributed by atoms with E-state index in [0.29, 0.717) is 12.0 Å². The Morgan fingerprint density at radius 2 is 1.76 bits per heavy atom. The van der Waals surface area contributed by atoms with Gasteiger partial charge < -0.3 is 15.2 Å². The normalized spacial score (nSPS) is 11.7. The minimum atomic E-state index is -0.691. The van der Waals surface area contributed by atoms with Crippen LogP contribution in [-0.2, 0) is 20.7 Å². The molecule has 5 nitrogen and oxygen atoms in total. The molecule has 0 aliphatic heterocycles. The van der Waals surface area contributed by atoms with Crippen LogP contribution in [0.5, 0.6) is 0 Å². The first-order valence-electron chi connectivity index (χ1n) is 5.09. The van der Waals surface area contributed by atoms with E-state index >= 15 is 0 Å². The molecule has 0 spiro atoms. The Morgan fingerprint density at radius 3 is 2.24 bits per heavy atom. The highest BCUT2D eigenvalue weighted by Crippen LogP contribution is 2.08. The summed E-state index contributed by atoms with van der Waals surface area (Å²) in [4.78, 5) is 22.3. The van der Waals surface area contributed by atoms with Crippen molar-refractivity contribution in [3.05, 3.63) is 35.4 Å². The fourth-order valence-electron chi connectivity index (χ4n) is 1.38. The summed E-state index contributed by atoms with van der Waals surface area (Å²) in [5.74, 6) is -0.851. The summed E-state index contributed by atoms with van der Waals surface area (Å²) >= 11 is 0. The lowest BCUT2D eigenvalue weighted by atomic mass is 10.0. The molecule has 0 bridgehead atoms. The average molecular weight is 237 g/mol. The number of hydrogen-bond donors (Lipinski definition) is 1. The maximum Gasteiger partial charge on any atom is 0.337 e. The van der Waals surface area contributed by atoms with Crippen LogP contribution < -0.4 is 5.73 Å². The Morgan fingerprint density at radius 1 is 1.18 bits per heavy atom. The van der Waals surface area contributed by atoms with Gasteiger partial charge in [0.15, 0.2) is 0 Å². The predicted molar refractivity (Wildman–Crippen MR) is 61.5 cm³/mol. The maximum absolute atomic E-state index is 11.2. The summed E-state index contributed by atoms with van der Waals surface area (Å²) in [6, 6.07) is 6.03. The molecule has 2 N–H and O–H groups in total. The lowest BCUT2D eigenvalue weighted by Crippen LogP contribution is -2.33. The summed E-state index contributed by atoms with van der Waals surface area (Å²) in [6.07, 6.45) is 0.369. The van der Waals surface area contributed by atoms with E-state index < -0.39 is 18.0 Å². The molecule has 0 radical (unpaired) electrons. The van der Waals surface area contributed by atoms with Gasteiger partial charge in [0.2, 0.25) is 0 Å². The third-order valence-corrected chi connectivity index (χ3v) is 2.33. The number of benzene rings is 1. The Bertz CT molecular complexity index is 399. The second-order valence-corrected chi connectivity index (χ2v) is 3.52. The Labute approximate surface area is 99.5 Å². The van der Waals surface area contributed by atoms with E-state index in [2.05, 4.69) is 9.47 Å². The van der Waals surface area contributed by atoms with E-state index in [4.69, 9.17) is 5.73 Å². The highest BCUT2D eigenvalue weighted by atomic mass is 16.5. The molecule has 5 heteroatoms. The molecular weight excluding hydrogens is 222 g/mol. The number of methoxy groups -OCH3 is 2. The molecular formula is C12H15NO4. The summed E-state index contributed by atoms with van der Waals surface area (Å²) in [5.41, 5.74) is 6.94. The molecule has 1 aromatic rings. The number of carbonyl (C=O) groups excluding carboxylic acids is 2. The van der Waals surface area contributed by atoms with Crippen LogP contribution >= 0.6 is 0 Å². The van der Waals surface area contributed by atoms with Crippen LogP contribution in [0.1, 0.15) is 15.9 Å².